The monoisotopic (exact) mass is 517 g/mol. The van der Waals surface area contributed by atoms with Crippen molar-refractivity contribution in [2.75, 3.05) is 19.4 Å². The molecule has 0 fully saturated rings. The number of hydrogen-bond donors (Lipinski definition) is 2. The van der Waals surface area contributed by atoms with Crippen LogP contribution in [0.15, 0.2) is 64.2 Å². The fourth-order valence-corrected chi connectivity index (χ4v) is 4.64. The van der Waals surface area contributed by atoms with Gasteiger partial charge in [-0.05, 0) is 37.6 Å². The number of nitrogens with one attached hydrogen (secondary N) is 1. The largest absolute Gasteiger partial charge is 0.389 e. The Morgan fingerprint density at radius 1 is 1.26 bits per heavy atom. The minimum atomic E-state index is -4.11. The third kappa shape index (κ3) is 7.38. The van der Waals surface area contributed by atoms with Gasteiger partial charge in [-0.2, -0.15) is 13.5 Å². The van der Waals surface area contributed by atoms with Crippen molar-refractivity contribution in [3.05, 3.63) is 65.4 Å². The molecular formula is C24H28ClN5O4S. The molecule has 0 aliphatic heterocycles. The summed E-state index contributed by atoms with van der Waals surface area (Å²) >= 11 is 6.14. The van der Waals surface area contributed by atoms with Crippen molar-refractivity contribution in [1.82, 2.24) is 14.7 Å². The molecule has 11 heteroatoms. The number of anilines is 1. The van der Waals surface area contributed by atoms with Gasteiger partial charge in [0.15, 0.2) is 0 Å². The Bertz CT molecular complexity index is 1340. The Morgan fingerprint density at radius 3 is 2.63 bits per heavy atom. The highest BCUT2D eigenvalue weighted by atomic mass is 35.5. The predicted molar refractivity (Wildman–Crippen MR) is 137 cm³/mol. The number of benzene rings is 2. The first-order valence-corrected chi connectivity index (χ1v) is 12.6. The first-order valence-electron chi connectivity index (χ1n) is 10.7. The van der Waals surface area contributed by atoms with Gasteiger partial charge in [0.25, 0.3) is 10.0 Å². The van der Waals surface area contributed by atoms with Gasteiger partial charge in [0.2, 0.25) is 5.91 Å². The van der Waals surface area contributed by atoms with Crippen LogP contribution in [0.1, 0.15) is 19.4 Å². The number of rotatable bonds is 9. The minimum Gasteiger partial charge on any atom is -0.389 e. The zero-order valence-corrected chi connectivity index (χ0v) is 21.5. The van der Waals surface area contributed by atoms with E-state index >= 15 is 0 Å². The van der Waals surface area contributed by atoms with Gasteiger partial charge >= 0.3 is 0 Å². The maximum atomic E-state index is 13.1. The summed E-state index contributed by atoms with van der Waals surface area (Å²) in [5.41, 5.74) is 0.859. The molecule has 0 saturated heterocycles. The van der Waals surface area contributed by atoms with Gasteiger partial charge in [-0.3, -0.25) is 9.48 Å². The summed E-state index contributed by atoms with van der Waals surface area (Å²) in [7, 11) is -0.798. The van der Waals surface area contributed by atoms with Crippen LogP contribution in [-0.4, -0.2) is 60.1 Å². The van der Waals surface area contributed by atoms with E-state index in [1.165, 1.54) is 28.2 Å². The van der Waals surface area contributed by atoms with E-state index in [1.54, 1.807) is 70.5 Å². The molecule has 3 aromatic rings. The molecule has 0 bridgehead atoms. The molecule has 2 aromatic carbocycles. The highest BCUT2D eigenvalue weighted by Gasteiger charge is 2.22. The van der Waals surface area contributed by atoms with Crippen molar-refractivity contribution < 1.29 is 18.3 Å². The molecule has 0 saturated carbocycles. The van der Waals surface area contributed by atoms with Crippen molar-refractivity contribution in [3.63, 3.8) is 0 Å². The lowest BCUT2D eigenvalue weighted by Crippen LogP contribution is -2.26. The summed E-state index contributed by atoms with van der Waals surface area (Å²) < 4.78 is 31.5. The number of nitrogens with zero attached hydrogens (tertiary/aromatic N) is 4. The second-order valence-electron chi connectivity index (χ2n) is 8.93. The van der Waals surface area contributed by atoms with Gasteiger partial charge in [-0.25, -0.2) is 0 Å². The SMILES string of the molecule is CN(C)/C=N/S(=O)(=O)c1cc(NC(=O)Cc2ccccc2Cl)ccc1-c1cnn(CC(C)(C)O)c1. The molecule has 1 heterocycles. The molecule has 0 radical (unpaired) electrons. The Kier molecular flexibility index (Phi) is 7.99. The van der Waals surface area contributed by atoms with Gasteiger partial charge in [-0.15, -0.1) is 4.40 Å². The van der Waals surface area contributed by atoms with Crippen LogP contribution in [0.4, 0.5) is 5.69 Å². The number of sulfonamides is 1. The predicted octanol–water partition coefficient (Wildman–Crippen LogP) is 3.43. The summed E-state index contributed by atoms with van der Waals surface area (Å²) in [6.45, 7) is 3.53. The second kappa shape index (κ2) is 10.6. The van der Waals surface area contributed by atoms with Gasteiger partial charge < -0.3 is 15.3 Å². The summed E-state index contributed by atoms with van der Waals surface area (Å²) in [5, 5.41) is 17.5. The summed E-state index contributed by atoms with van der Waals surface area (Å²) in [6.07, 6.45) is 4.40. The maximum Gasteiger partial charge on any atom is 0.284 e. The molecule has 0 aliphatic carbocycles. The first-order chi connectivity index (χ1) is 16.3. The number of hydrogen-bond acceptors (Lipinski definition) is 5. The fraction of sp³-hybridized carbons (Fsp3) is 0.292. The van der Waals surface area contributed by atoms with Crippen molar-refractivity contribution in [2.24, 2.45) is 4.40 Å². The number of aromatic nitrogens is 2. The zero-order chi connectivity index (χ0) is 25.8. The van der Waals surface area contributed by atoms with Crippen LogP contribution in [0.2, 0.25) is 5.02 Å². The molecule has 9 nitrogen and oxygen atoms in total. The second-order valence-corrected chi connectivity index (χ2v) is 10.9. The molecule has 0 unspecified atom stereocenters. The maximum absolute atomic E-state index is 13.1. The summed E-state index contributed by atoms with van der Waals surface area (Å²) in [5.74, 6) is -0.344. The Labute approximate surface area is 210 Å². The van der Waals surface area contributed by atoms with E-state index < -0.39 is 15.6 Å². The smallest absolute Gasteiger partial charge is 0.284 e. The van der Waals surface area contributed by atoms with Gasteiger partial charge in [0, 0.05) is 42.1 Å². The third-order valence-corrected chi connectivity index (χ3v) is 6.40. The van der Waals surface area contributed by atoms with Gasteiger partial charge in [0.1, 0.15) is 6.34 Å². The highest BCUT2D eigenvalue weighted by molar-refractivity contribution is 7.90. The van der Waals surface area contributed by atoms with E-state index in [4.69, 9.17) is 11.6 Å². The van der Waals surface area contributed by atoms with Crippen LogP contribution in [0.25, 0.3) is 11.1 Å². The normalized spacial score (nSPS) is 12.2. The lowest BCUT2D eigenvalue weighted by molar-refractivity contribution is -0.115. The van der Waals surface area contributed by atoms with E-state index in [2.05, 4.69) is 14.8 Å². The van der Waals surface area contributed by atoms with E-state index in [0.29, 0.717) is 27.4 Å². The molecule has 35 heavy (non-hydrogen) atoms. The molecule has 3 rings (SSSR count). The van der Waals surface area contributed by atoms with Crippen LogP contribution in [0.3, 0.4) is 0 Å². The molecule has 2 N–H and O–H groups in total. The van der Waals surface area contributed by atoms with E-state index in [9.17, 15) is 18.3 Å². The van der Waals surface area contributed by atoms with E-state index in [1.807, 2.05) is 0 Å². The first kappa shape index (κ1) is 26.4. The van der Waals surface area contributed by atoms with E-state index in [0.717, 1.165) is 0 Å². The average Bonchev–Trinajstić information content (AvgIpc) is 3.20. The molecule has 186 valence electrons. The highest BCUT2D eigenvalue weighted by Crippen LogP contribution is 2.31. The van der Waals surface area contributed by atoms with E-state index in [-0.39, 0.29) is 23.8 Å². The summed E-state index contributed by atoms with van der Waals surface area (Å²) in [4.78, 5) is 14.0. The molecule has 0 spiro atoms. The number of amides is 1. The van der Waals surface area contributed by atoms with Crippen molar-refractivity contribution in [3.8, 4) is 11.1 Å². The van der Waals surface area contributed by atoms with Crippen LogP contribution in [-0.2, 0) is 27.8 Å². The Hall–Kier alpha value is -3.21. The molecule has 0 atom stereocenters. The van der Waals surface area contributed by atoms with Gasteiger partial charge in [-0.1, -0.05) is 35.9 Å². The molecule has 1 aromatic heterocycles. The Balaban J connectivity index is 1.97. The van der Waals surface area contributed by atoms with Crippen LogP contribution >= 0.6 is 11.6 Å². The van der Waals surface area contributed by atoms with Crippen LogP contribution in [0, 0.1) is 0 Å². The van der Waals surface area contributed by atoms with Crippen molar-refractivity contribution >= 4 is 39.6 Å². The average molecular weight is 518 g/mol. The topological polar surface area (TPSA) is 117 Å². The number of carbonyl (C=O) groups is 1. The quantitative estimate of drug-likeness (QED) is 0.332. The number of carbonyl (C=O) groups excluding carboxylic acids is 1. The Morgan fingerprint density at radius 2 is 1.97 bits per heavy atom. The van der Waals surface area contributed by atoms with Crippen LogP contribution in [0.5, 0.6) is 0 Å². The van der Waals surface area contributed by atoms with Crippen molar-refractivity contribution in [2.45, 2.75) is 37.3 Å². The number of halogens is 1. The lowest BCUT2D eigenvalue weighted by Gasteiger charge is -2.16. The zero-order valence-electron chi connectivity index (χ0n) is 19.9. The number of aliphatic hydroxyl groups is 1. The minimum absolute atomic E-state index is 0.0337. The lowest BCUT2D eigenvalue weighted by atomic mass is 10.1. The molecule has 0 aliphatic rings. The molecule has 1 amide bonds. The van der Waals surface area contributed by atoms with Crippen LogP contribution < -0.4 is 5.32 Å². The van der Waals surface area contributed by atoms with Crippen molar-refractivity contribution in [1.29, 1.82) is 0 Å². The standard InChI is InChI=1S/C24H28ClN5O4S/c1-24(2,32)15-30-14-18(13-26-30)20-10-9-19(12-22(20)35(33,34)27-16-29(3)4)28-23(31)11-17-7-5-6-8-21(17)25/h5-10,12-14,16,32H,11,15H2,1-4H3,(H,28,31)/b27-16+. The fourth-order valence-electron chi connectivity index (χ4n) is 3.27. The van der Waals surface area contributed by atoms with Gasteiger partial charge in [0.05, 0.1) is 29.7 Å². The summed E-state index contributed by atoms with van der Waals surface area (Å²) in [6, 6.07) is 11.6. The molecular weight excluding hydrogens is 490 g/mol. The third-order valence-electron chi connectivity index (χ3n) is 4.76.